The molecule has 4 aromatic rings. The van der Waals surface area contributed by atoms with E-state index in [1.165, 1.54) is 30.3 Å². The third-order valence-corrected chi connectivity index (χ3v) is 11.1. The zero-order valence-corrected chi connectivity index (χ0v) is 30.7. The van der Waals surface area contributed by atoms with E-state index in [0.717, 1.165) is 22.5 Å². The fourth-order valence-electron chi connectivity index (χ4n) is 5.80. The van der Waals surface area contributed by atoms with Gasteiger partial charge in [-0.05, 0) is 90.7 Å². The van der Waals surface area contributed by atoms with Gasteiger partial charge in [-0.1, -0.05) is 54.6 Å². The monoisotopic (exact) mass is 766 g/mol. The van der Waals surface area contributed by atoms with Crippen molar-refractivity contribution >= 4 is 47.3 Å². The lowest BCUT2D eigenvalue weighted by atomic mass is 9.90. The fraction of sp³-hybridized carbons (Fsp3) is 0.162. The molecule has 15 heteroatoms. The predicted octanol–water partition coefficient (Wildman–Crippen LogP) is 5.88. The number of nitrogens with zero attached hydrogens (tertiary/aromatic N) is 2. The molecule has 0 unspecified atom stereocenters. The number of benzene rings is 4. The van der Waals surface area contributed by atoms with Crippen molar-refractivity contribution in [1.29, 1.82) is 0 Å². The molecule has 0 saturated heterocycles. The van der Waals surface area contributed by atoms with Crippen LogP contribution in [0.3, 0.4) is 0 Å². The number of anilines is 1. The van der Waals surface area contributed by atoms with Crippen LogP contribution in [-0.2, 0) is 43.4 Å². The van der Waals surface area contributed by atoms with Gasteiger partial charge in [0.25, 0.3) is 30.4 Å². The van der Waals surface area contributed by atoms with Crippen molar-refractivity contribution in [2.75, 3.05) is 18.0 Å². The minimum atomic E-state index is -4.58. The van der Waals surface area contributed by atoms with E-state index in [4.69, 9.17) is 0 Å². The number of hydrogen-bond donors (Lipinski definition) is 3. The maximum atomic E-state index is 12.5. The average Bonchev–Trinajstić information content (AvgIpc) is 3.10. The Kier molecular flexibility index (Phi) is 12.5. The summed E-state index contributed by atoms with van der Waals surface area (Å²) in [5, 5.41) is 0. The lowest BCUT2D eigenvalue weighted by molar-refractivity contribution is -0.539. The zero-order valence-electron chi connectivity index (χ0n) is 28.2. The Morgan fingerprint density at radius 1 is 0.635 bits per heavy atom. The molecule has 12 nitrogen and oxygen atoms in total. The van der Waals surface area contributed by atoms with Gasteiger partial charge in [0.1, 0.15) is 11.4 Å². The van der Waals surface area contributed by atoms with Crippen molar-refractivity contribution in [2.24, 2.45) is 0 Å². The Balaban J connectivity index is 0.00000605. The van der Waals surface area contributed by atoms with E-state index >= 15 is 0 Å². The van der Waals surface area contributed by atoms with E-state index in [-0.39, 0.29) is 20.2 Å². The van der Waals surface area contributed by atoms with Crippen LogP contribution in [0.25, 0.3) is 5.57 Å². The highest BCUT2D eigenvalue weighted by Crippen LogP contribution is 2.35. The Hall–Kier alpha value is -4.74. The molecule has 274 valence electrons. The molecule has 4 aromatic carbocycles. The van der Waals surface area contributed by atoms with Gasteiger partial charge in [0, 0.05) is 42.1 Å². The first-order chi connectivity index (χ1) is 24.1. The largest absolute Gasteiger partial charge is 0.870 e. The summed E-state index contributed by atoms with van der Waals surface area (Å²) in [7, 11) is -13.2. The highest BCUT2D eigenvalue weighted by atomic mass is 32.2. The molecule has 5 rings (SSSR count). The molecular weight excluding hydrogens is 729 g/mol. The van der Waals surface area contributed by atoms with Crippen molar-refractivity contribution in [3.8, 4) is 0 Å². The molecule has 0 bridgehead atoms. The Morgan fingerprint density at radius 2 is 1.15 bits per heavy atom. The summed E-state index contributed by atoms with van der Waals surface area (Å²) in [4.78, 5) is 1.47. The summed E-state index contributed by atoms with van der Waals surface area (Å²) in [6.07, 6.45) is 7.56. The van der Waals surface area contributed by atoms with Crippen LogP contribution in [0.2, 0.25) is 0 Å². The first-order valence-electron chi connectivity index (χ1n) is 15.9. The number of hydrogen-bond acceptors (Lipinski definition) is 8. The van der Waals surface area contributed by atoms with Gasteiger partial charge in [0.15, 0.2) is 12.3 Å². The van der Waals surface area contributed by atoms with E-state index in [1.807, 2.05) is 62.4 Å². The van der Waals surface area contributed by atoms with Crippen molar-refractivity contribution in [3.63, 3.8) is 0 Å². The number of rotatable bonds is 12. The lowest BCUT2D eigenvalue weighted by Crippen LogP contribution is -2.22. The third-order valence-electron chi connectivity index (χ3n) is 8.43. The summed E-state index contributed by atoms with van der Waals surface area (Å²) >= 11 is 0. The highest BCUT2D eigenvalue weighted by molar-refractivity contribution is 7.86. The molecular formula is C37H38N2O10S3. The van der Waals surface area contributed by atoms with E-state index in [1.54, 1.807) is 42.5 Å². The van der Waals surface area contributed by atoms with Gasteiger partial charge in [-0.2, -0.15) is 25.3 Å². The Bertz CT molecular complexity index is 2360. The second-order valence-electron chi connectivity index (χ2n) is 11.7. The molecule has 1 aliphatic carbocycles. The molecule has 0 aromatic heterocycles. The summed E-state index contributed by atoms with van der Waals surface area (Å²) in [5.74, 6) is 0. The molecule has 4 N–H and O–H groups in total. The van der Waals surface area contributed by atoms with Gasteiger partial charge < -0.3 is 10.4 Å². The molecule has 0 radical (unpaired) electrons. The summed E-state index contributed by atoms with van der Waals surface area (Å²) < 4.78 is 102. The van der Waals surface area contributed by atoms with Crippen molar-refractivity contribution in [3.05, 3.63) is 149 Å². The van der Waals surface area contributed by atoms with Crippen LogP contribution in [0.4, 0.5) is 5.69 Å². The minimum absolute atomic E-state index is 0. The second kappa shape index (κ2) is 16.3. The van der Waals surface area contributed by atoms with Crippen molar-refractivity contribution in [1.82, 2.24) is 0 Å². The molecule has 1 aliphatic rings. The smallest absolute Gasteiger partial charge is 0.295 e. The van der Waals surface area contributed by atoms with E-state index in [0.29, 0.717) is 48.5 Å². The summed E-state index contributed by atoms with van der Waals surface area (Å²) in [5.41, 5.74) is 5.68. The first kappa shape index (κ1) is 40.0. The summed E-state index contributed by atoms with van der Waals surface area (Å²) in [6, 6.07) is 25.8. The van der Waals surface area contributed by atoms with Crippen LogP contribution < -0.4 is 4.90 Å². The van der Waals surface area contributed by atoms with Gasteiger partial charge in [0.2, 0.25) is 0 Å². The van der Waals surface area contributed by atoms with Gasteiger partial charge in [-0.3, -0.25) is 13.7 Å². The van der Waals surface area contributed by atoms with Crippen molar-refractivity contribution in [2.45, 2.75) is 41.6 Å². The zero-order chi connectivity index (χ0) is 37.0. The molecule has 0 fully saturated rings. The van der Waals surface area contributed by atoms with E-state index in [9.17, 15) is 38.9 Å². The van der Waals surface area contributed by atoms with Crippen LogP contribution >= 0.6 is 0 Å². The molecule has 0 amide bonds. The van der Waals surface area contributed by atoms with Crippen molar-refractivity contribution < 1.29 is 49.0 Å². The fourth-order valence-corrected chi connectivity index (χ4v) is 7.46. The maximum Gasteiger partial charge on any atom is 0.295 e. The standard InChI is InChI=1S/C37H36N2O9S3.H2O/c1-3-38(25-27-9-21-33(22-10-27)49(40,41)42)31-17-13-29(14-18-31)37(35-7-5-6-8-36(35)51(46,47)48)30-15-19-32(20-16-30)39(4-2)26-28-11-23-34(24-12-28)50(43,44)45;/h5-24H,3-4,25-26H2,1-2H3,(H2-,40,41,42,43,44,45,46,47,48);1H2. The highest BCUT2D eigenvalue weighted by Gasteiger charge is 2.22. The first-order valence-corrected chi connectivity index (χ1v) is 20.2. The molecule has 52 heavy (non-hydrogen) atoms. The van der Waals surface area contributed by atoms with Crippen LogP contribution in [0.1, 0.15) is 36.1 Å². The topological polar surface area (TPSA) is 199 Å². The molecule has 0 saturated carbocycles. The lowest BCUT2D eigenvalue weighted by Gasteiger charge is -2.24. The van der Waals surface area contributed by atoms with Gasteiger partial charge in [-0.25, -0.2) is 4.58 Å². The van der Waals surface area contributed by atoms with E-state index < -0.39 is 30.4 Å². The van der Waals surface area contributed by atoms with Crippen LogP contribution in [0, 0.1) is 0 Å². The molecule has 0 atom stereocenters. The predicted molar refractivity (Wildman–Crippen MR) is 198 cm³/mol. The summed E-state index contributed by atoms with van der Waals surface area (Å²) in [6.45, 7) is 6.14. The second-order valence-corrected chi connectivity index (χ2v) is 15.9. The third kappa shape index (κ3) is 9.57. The average molecular weight is 767 g/mol. The SMILES string of the molecule is CCN(Cc1ccc(S(=O)(=O)O)cc1)c1ccc(C(=C2C=CC(=[N+](CC)Cc3ccc(S(=O)(=O)O)cc3)C=C2)c2ccccc2S(=O)(=O)O)cc1.[OH-]. The Labute approximate surface area is 304 Å². The van der Waals surface area contributed by atoms with Crippen LogP contribution in [0.5, 0.6) is 0 Å². The van der Waals surface area contributed by atoms with Gasteiger partial charge in [-0.15, -0.1) is 0 Å². The van der Waals surface area contributed by atoms with Crippen LogP contribution in [-0.4, -0.2) is 67.8 Å². The maximum absolute atomic E-state index is 12.5. The quantitative estimate of drug-likeness (QED) is 0.115. The normalized spacial score (nSPS) is 13.1. The molecule has 0 heterocycles. The van der Waals surface area contributed by atoms with E-state index in [2.05, 4.69) is 9.48 Å². The molecule has 0 spiro atoms. The van der Waals surface area contributed by atoms with Gasteiger partial charge >= 0.3 is 0 Å². The minimum Gasteiger partial charge on any atom is -0.870 e. The number of allylic oxidation sites excluding steroid dienone is 5. The van der Waals surface area contributed by atoms with Gasteiger partial charge in [0.05, 0.1) is 9.79 Å². The Morgan fingerprint density at radius 3 is 1.63 bits per heavy atom. The van der Waals surface area contributed by atoms with Crippen LogP contribution in [0.15, 0.2) is 142 Å². The molecule has 0 aliphatic heterocycles.